The lowest BCUT2D eigenvalue weighted by atomic mass is 9.73. The van der Waals surface area contributed by atoms with Gasteiger partial charge in [0.2, 0.25) is 5.91 Å². The minimum Gasteiger partial charge on any atom is -0.396 e. The van der Waals surface area contributed by atoms with E-state index in [2.05, 4.69) is 17.8 Å². The first kappa shape index (κ1) is 22.3. The monoisotopic (exact) mass is 431 g/mol. The van der Waals surface area contributed by atoms with Crippen molar-refractivity contribution in [3.63, 3.8) is 0 Å². The highest BCUT2D eigenvalue weighted by Gasteiger charge is 2.55. The second-order valence-corrected chi connectivity index (χ2v) is 10.2. The van der Waals surface area contributed by atoms with E-state index in [0.29, 0.717) is 31.2 Å². The standard InChI is InChI=1S/C22H36F3N3O2/c1-13(8-20-15(12-29)10-26-27-20)14-4-2-5-16(9-14)28-11-18-17(21(28)30)6-3-7-19(18)22(23,24)25/h13-20,26-27,29H,2-12H2,1H3. The molecule has 3 N–H and O–H groups in total. The van der Waals surface area contributed by atoms with Gasteiger partial charge in [-0.15, -0.1) is 0 Å². The van der Waals surface area contributed by atoms with Crippen LogP contribution in [0.1, 0.15) is 58.3 Å². The number of carbonyl (C=O) groups excluding carboxylic acids is 1. The molecule has 4 rings (SSSR count). The van der Waals surface area contributed by atoms with Crippen molar-refractivity contribution in [1.29, 1.82) is 0 Å². The molecule has 2 aliphatic heterocycles. The zero-order valence-electron chi connectivity index (χ0n) is 17.8. The van der Waals surface area contributed by atoms with Gasteiger partial charge in [-0.25, -0.2) is 0 Å². The molecule has 0 radical (unpaired) electrons. The molecule has 8 heteroatoms. The number of carbonyl (C=O) groups is 1. The lowest BCUT2D eigenvalue weighted by Gasteiger charge is -2.39. The lowest BCUT2D eigenvalue weighted by Crippen LogP contribution is -2.42. The fourth-order valence-electron chi connectivity index (χ4n) is 6.71. The van der Waals surface area contributed by atoms with E-state index in [1.165, 1.54) is 0 Å². The minimum absolute atomic E-state index is 0.0192. The smallest absolute Gasteiger partial charge is 0.392 e. The second-order valence-electron chi connectivity index (χ2n) is 10.2. The molecule has 0 spiro atoms. The van der Waals surface area contributed by atoms with Crippen LogP contribution in [0, 0.1) is 35.5 Å². The number of rotatable bonds is 5. The highest BCUT2D eigenvalue weighted by Crippen LogP contribution is 2.49. The highest BCUT2D eigenvalue weighted by molar-refractivity contribution is 5.82. The van der Waals surface area contributed by atoms with E-state index in [4.69, 9.17) is 0 Å². The van der Waals surface area contributed by atoms with Crippen LogP contribution >= 0.6 is 0 Å². The summed E-state index contributed by atoms with van der Waals surface area (Å²) in [6, 6.07) is 0.329. The Kier molecular flexibility index (Phi) is 6.66. The zero-order chi connectivity index (χ0) is 21.5. The third-order valence-corrected chi connectivity index (χ3v) is 8.51. The van der Waals surface area contributed by atoms with Crippen LogP contribution < -0.4 is 10.9 Å². The highest BCUT2D eigenvalue weighted by atomic mass is 19.4. The van der Waals surface area contributed by atoms with Gasteiger partial charge in [0.25, 0.3) is 0 Å². The Hall–Kier alpha value is -0.860. The van der Waals surface area contributed by atoms with Gasteiger partial charge in [0, 0.05) is 43.6 Å². The summed E-state index contributed by atoms with van der Waals surface area (Å²) < 4.78 is 40.6. The molecule has 2 saturated heterocycles. The van der Waals surface area contributed by atoms with E-state index < -0.39 is 23.9 Å². The Bertz CT molecular complexity index is 617. The van der Waals surface area contributed by atoms with Crippen LogP contribution in [0.2, 0.25) is 0 Å². The molecule has 4 fully saturated rings. The van der Waals surface area contributed by atoms with Gasteiger partial charge < -0.3 is 10.0 Å². The van der Waals surface area contributed by atoms with Crippen molar-refractivity contribution in [3.05, 3.63) is 0 Å². The molecule has 2 saturated carbocycles. The number of hydrogen-bond donors (Lipinski definition) is 3. The zero-order valence-corrected chi connectivity index (χ0v) is 17.8. The number of nitrogens with one attached hydrogen (secondary N) is 2. The van der Waals surface area contributed by atoms with Crippen LogP contribution in [0.3, 0.4) is 0 Å². The molecule has 8 unspecified atom stereocenters. The summed E-state index contributed by atoms with van der Waals surface area (Å²) in [4.78, 5) is 14.9. The predicted octanol–water partition coefficient (Wildman–Crippen LogP) is 3.09. The number of fused-ring (bicyclic) bond motifs is 1. The molecule has 30 heavy (non-hydrogen) atoms. The van der Waals surface area contributed by atoms with Crippen molar-refractivity contribution in [2.45, 2.75) is 76.6 Å². The molecule has 0 aromatic heterocycles. The third kappa shape index (κ3) is 4.37. The maximum absolute atomic E-state index is 13.5. The van der Waals surface area contributed by atoms with Gasteiger partial charge in [-0.3, -0.25) is 15.6 Å². The Labute approximate surface area is 177 Å². The lowest BCUT2D eigenvalue weighted by molar-refractivity contribution is -0.198. The number of likely N-dealkylation sites (tertiary alicyclic amines) is 1. The first-order valence-corrected chi connectivity index (χ1v) is 11.8. The van der Waals surface area contributed by atoms with Crippen molar-refractivity contribution < 1.29 is 23.1 Å². The van der Waals surface area contributed by atoms with Crippen molar-refractivity contribution in [3.8, 4) is 0 Å². The summed E-state index contributed by atoms with van der Waals surface area (Å²) in [7, 11) is 0. The van der Waals surface area contributed by atoms with E-state index in [9.17, 15) is 23.1 Å². The van der Waals surface area contributed by atoms with Gasteiger partial charge in [0.15, 0.2) is 0 Å². The van der Waals surface area contributed by atoms with Gasteiger partial charge in [0.1, 0.15) is 0 Å². The quantitative estimate of drug-likeness (QED) is 0.626. The van der Waals surface area contributed by atoms with Crippen LogP contribution in [0.15, 0.2) is 0 Å². The maximum atomic E-state index is 13.5. The Morgan fingerprint density at radius 3 is 2.70 bits per heavy atom. The topological polar surface area (TPSA) is 64.6 Å². The van der Waals surface area contributed by atoms with Crippen LogP contribution in [-0.2, 0) is 4.79 Å². The summed E-state index contributed by atoms with van der Waals surface area (Å²) in [5, 5.41) is 9.55. The molecule has 2 heterocycles. The van der Waals surface area contributed by atoms with Crippen LogP contribution in [0.5, 0.6) is 0 Å². The first-order chi connectivity index (χ1) is 14.3. The molecule has 5 nitrogen and oxygen atoms in total. The van der Waals surface area contributed by atoms with Gasteiger partial charge in [0.05, 0.1) is 5.92 Å². The molecular formula is C22H36F3N3O2. The number of halogens is 3. The molecule has 0 aromatic rings. The predicted molar refractivity (Wildman–Crippen MR) is 107 cm³/mol. The van der Waals surface area contributed by atoms with E-state index in [1.807, 2.05) is 4.90 Å². The fraction of sp³-hybridized carbons (Fsp3) is 0.955. The molecule has 0 bridgehead atoms. The summed E-state index contributed by atoms with van der Waals surface area (Å²) >= 11 is 0. The summed E-state index contributed by atoms with van der Waals surface area (Å²) in [5.74, 6) is -1.18. The Morgan fingerprint density at radius 1 is 1.20 bits per heavy atom. The van der Waals surface area contributed by atoms with Crippen LogP contribution in [-0.4, -0.2) is 53.9 Å². The molecular weight excluding hydrogens is 395 g/mol. The van der Waals surface area contributed by atoms with E-state index in [0.717, 1.165) is 38.6 Å². The number of nitrogens with zero attached hydrogens (tertiary/aromatic N) is 1. The van der Waals surface area contributed by atoms with Crippen LogP contribution in [0.4, 0.5) is 13.2 Å². The fourth-order valence-corrected chi connectivity index (χ4v) is 6.71. The minimum atomic E-state index is -4.20. The number of hydrazine groups is 1. The molecule has 8 atom stereocenters. The Morgan fingerprint density at radius 2 is 1.97 bits per heavy atom. The summed E-state index contributed by atoms with van der Waals surface area (Å²) in [5.41, 5.74) is 6.40. The van der Waals surface area contributed by atoms with Gasteiger partial charge in [-0.1, -0.05) is 26.2 Å². The SMILES string of the molecule is CC(CC1NNCC1CO)C1CCCC(N2CC3C(CCCC3C(F)(F)F)C2=O)C1. The van der Waals surface area contributed by atoms with Crippen LogP contribution in [0.25, 0.3) is 0 Å². The van der Waals surface area contributed by atoms with Crippen molar-refractivity contribution in [2.75, 3.05) is 19.7 Å². The van der Waals surface area contributed by atoms with Crippen molar-refractivity contribution in [1.82, 2.24) is 15.8 Å². The summed E-state index contributed by atoms with van der Waals surface area (Å²) in [6.45, 7) is 3.47. The first-order valence-electron chi connectivity index (χ1n) is 11.8. The number of aliphatic hydroxyl groups is 1. The molecule has 4 aliphatic rings. The van der Waals surface area contributed by atoms with Gasteiger partial charge in [-0.05, 0) is 49.9 Å². The van der Waals surface area contributed by atoms with Crippen molar-refractivity contribution in [2.24, 2.45) is 35.5 Å². The van der Waals surface area contributed by atoms with E-state index in [-0.39, 0.29) is 36.9 Å². The average molecular weight is 432 g/mol. The van der Waals surface area contributed by atoms with Crippen molar-refractivity contribution >= 4 is 5.91 Å². The summed E-state index contributed by atoms with van der Waals surface area (Å²) in [6.07, 6.45) is 2.00. The molecule has 1 amide bonds. The third-order valence-electron chi connectivity index (χ3n) is 8.51. The molecule has 172 valence electrons. The number of hydrogen-bond acceptors (Lipinski definition) is 4. The van der Waals surface area contributed by atoms with E-state index >= 15 is 0 Å². The normalized spacial score (nSPS) is 41.2. The maximum Gasteiger partial charge on any atom is 0.392 e. The number of alkyl halides is 3. The molecule has 0 aromatic carbocycles. The van der Waals surface area contributed by atoms with Gasteiger partial charge in [-0.2, -0.15) is 13.2 Å². The molecule has 2 aliphatic carbocycles. The second kappa shape index (κ2) is 8.94. The Balaban J connectivity index is 1.39. The average Bonchev–Trinajstić information content (AvgIpc) is 3.31. The largest absolute Gasteiger partial charge is 0.396 e. The number of amides is 1. The van der Waals surface area contributed by atoms with Gasteiger partial charge >= 0.3 is 6.18 Å². The van der Waals surface area contributed by atoms with E-state index in [1.54, 1.807) is 0 Å². The number of aliphatic hydroxyl groups excluding tert-OH is 1.